The second-order valence-electron chi connectivity index (χ2n) is 19.5. The van der Waals surface area contributed by atoms with Crippen molar-refractivity contribution in [3.63, 3.8) is 0 Å². The SMILES string of the molecule is [C-]#[N+][C@@H]1CC1c1nc(-c2[nH]nc3ncc(F)cc23)nc(C[C@H]2C3CCC(CC3)[C@@H]2C(=O)O)c1F.[C-]#[N+][C@H]1CC1c1nc(-c2[nH]nc3ncc(F)cc23)nc(C[C@H]2C3CCC(CC3)[C@@H]2C(=O)O)c1F. The molecule has 348 valence electrons. The maximum Gasteiger partial charge on any atom is 0.307 e. The summed E-state index contributed by atoms with van der Waals surface area (Å²) in [6.45, 7) is 14.6. The molecular weight excluding hydrogens is 885 g/mol. The summed E-state index contributed by atoms with van der Waals surface area (Å²) in [6, 6.07) is 1.88. The number of carbonyl (C=O) groups is 2. The van der Waals surface area contributed by atoms with E-state index in [0.29, 0.717) is 35.0 Å². The number of pyridine rings is 2. The summed E-state index contributed by atoms with van der Waals surface area (Å²) >= 11 is 0. The minimum atomic E-state index is -0.828. The number of fused-ring (bicyclic) bond motifs is 8. The molecule has 0 spiro atoms. The predicted molar refractivity (Wildman–Crippen MR) is 233 cm³/mol. The smallest absolute Gasteiger partial charge is 0.307 e. The largest absolute Gasteiger partial charge is 0.481 e. The molecule has 0 saturated heterocycles. The van der Waals surface area contributed by atoms with E-state index < -0.39 is 47.0 Å². The Morgan fingerprint density at radius 3 is 1.34 bits per heavy atom. The fourth-order valence-corrected chi connectivity index (χ4v) is 12.3. The highest BCUT2D eigenvalue weighted by Gasteiger charge is 2.52. The van der Waals surface area contributed by atoms with E-state index >= 15 is 8.78 Å². The summed E-state index contributed by atoms with van der Waals surface area (Å²) in [5, 5.41) is 34.4. The van der Waals surface area contributed by atoms with Crippen molar-refractivity contribution in [1.29, 1.82) is 0 Å². The van der Waals surface area contributed by atoms with Crippen molar-refractivity contribution in [2.75, 3.05) is 0 Å². The molecule has 6 aromatic rings. The number of hydrogen-bond acceptors (Lipinski definition) is 10. The van der Waals surface area contributed by atoms with Gasteiger partial charge in [0, 0.05) is 12.8 Å². The molecule has 8 aliphatic rings. The summed E-state index contributed by atoms with van der Waals surface area (Å²) in [6.07, 6.45) is 10.9. The van der Waals surface area contributed by atoms with E-state index in [-0.39, 0.29) is 118 Å². The van der Waals surface area contributed by atoms with Gasteiger partial charge >= 0.3 is 11.9 Å². The van der Waals surface area contributed by atoms with Crippen LogP contribution in [0.4, 0.5) is 17.6 Å². The van der Waals surface area contributed by atoms with Gasteiger partial charge in [0.05, 0.1) is 69.6 Å². The van der Waals surface area contributed by atoms with Crippen molar-refractivity contribution in [3.05, 3.63) is 93.4 Å². The molecule has 0 aliphatic heterocycles. The molecule has 0 amide bonds. The van der Waals surface area contributed by atoms with Gasteiger partial charge in [0.25, 0.3) is 0 Å². The van der Waals surface area contributed by atoms with Gasteiger partial charge in [-0.1, -0.05) is 0 Å². The van der Waals surface area contributed by atoms with Crippen molar-refractivity contribution in [3.8, 4) is 23.0 Å². The molecule has 68 heavy (non-hydrogen) atoms. The van der Waals surface area contributed by atoms with Crippen LogP contribution in [-0.4, -0.2) is 84.5 Å². The number of aromatic nitrogens is 10. The van der Waals surface area contributed by atoms with Gasteiger partial charge in [-0.15, -0.1) is 0 Å². The van der Waals surface area contributed by atoms with E-state index in [1.165, 1.54) is 12.1 Å². The van der Waals surface area contributed by atoms with Crippen molar-refractivity contribution in [1.82, 2.24) is 50.3 Å². The van der Waals surface area contributed by atoms with Crippen LogP contribution in [0.1, 0.15) is 98.8 Å². The van der Waals surface area contributed by atoms with E-state index in [4.69, 9.17) is 13.1 Å². The molecule has 4 bridgehead atoms. The minimum absolute atomic E-state index is 0.108. The molecule has 20 heteroatoms. The number of aromatic amines is 2. The first-order valence-electron chi connectivity index (χ1n) is 23.2. The molecule has 8 atom stereocenters. The summed E-state index contributed by atoms with van der Waals surface area (Å²) < 4.78 is 59.2. The number of rotatable bonds is 10. The second kappa shape index (κ2) is 17.0. The van der Waals surface area contributed by atoms with Crippen LogP contribution in [0.2, 0.25) is 0 Å². The number of carboxylic acid groups (broad SMARTS) is 2. The van der Waals surface area contributed by atoms with E-state index in [9.17, 15) is 28.6 Å². The van der Waals surface area contributed by atoms with Crippen molar-refractivity contribution < 1.29 is 37.4 Å². The maximum absolute atomic E-state index is 15.7. The molecule has 0 aromatic carbocycles. The van der Waals surface area contributed by atoms with Gasteiger partial charge in [0.2, 0.25) is 12.1 Å². The Labute approximate surface area is 385 Å². The van der Waals surface area contributed by atoms with Gasteiger partial charge in [0.1, 0.15) is 23.0 Å². The first-order chi connectivity index (χ1) is 32.9. The normalized spacial score (nSPS) is 29.8. The quantitative estimate of drug-likeness (QED) is 0.0754. The van der Waals surface area contributed by atoms with Gasteiger partial charge < -0.3 is 19.9 Å². The van der Waals surface area contributed by atoms with Crippen LogP contribution in [-0.2, 0) is 22.4 Å². The zero-order valence-electron chi connectivity index (χ0n) is 36.4. The highest BCUT2D eigenvalue weighted by molar-refractivity contribution is 5.89. The molecule has 14 rings (SSSR count). The van der Waals surface area contributed by atoms with Crippen LogP contribution in [0, 0.1) is 83.8 Å². The molecule has 0 radical (unpaired) electrons. The maximum atomic E-state index is 15.7. The zero-order valence-corrected chi connectivity index (χ0v) is 36.4. The third kappa shape index (κ3) is 7.67. The first kappa shape index (κ1) is 43.6. The Bertz CT molecular complexity index is 2890. The first-order valence-corrected chi connectivity index (χ1v) is 23.2. The van der Waals surface area contributed by atoms with Crippen LogP contribution in [0.3, 0.4) is 0 Å². The van der Waals surface area contributed by atoms with E-state index in [1.54, 1.807) is 0 Å². The number of hydrogen-bond donors (Lipinski definition) is 4. The van der Waals surface area contributed by atoms with Crippen LogP contribution in [0.15, 0.2) is 24.5 Å². The number of H-pyrrole nitrogens is 2. The molecule has 2 unspecified atom stereocenters. The fraction of sp³-hybridized carbons (Fsp3) is 0.500. The van der Waals surface area contributed by atoms with Gasteiger partial charge in [-0.3, -0.25) is 19.8 Å². The number of aliphatic carboxylic acids is 2. The van der Waals surface area contributed by atoms with E-state index in [0.717, 1.165) is 63.8 Å². The van der Waals surface area contributed by atoms with E-state index in [2.05, 4.69) is 60.0 Å². The monoisotopic (exact) mass is 928 g/mol. The number of carboxylic acids is 2. The number of halogens is 4. The molecule has 8 fully saturated rings. The Kier molecular flexibility index (Phi) is 10.9. The number of nitrogens with one attached hydrogen (secondary N) is 2. The van der Waals surface area contributed by atoms with E-state index in [1.807, 2.05) is 0 Å². The Morgan fingerprint density at radius 2 is 0.985 bits per heavy atom. The Morgan fingerprint density at radius 1 is 0.603 bits per heavy atom. The standard InChI is InChI=1S/2C24H22F2N6O2/c2*1-27-16-8-14(16)20-19(26)17(7-13-10-2-4-11(5-3-10)18(13)24(33)34)29-23(30-20)21-15-6-12(25)9-28-22(15)32-31-21/h2*6,9-11,13-14,16,18H,2-5,7-8H2,(H,33,34)(H,28,31,32)/t10?,11?,13-,14?,16+,18-;10?,11?,13-,14?,16-,18-/m00/s1. The summed E-state index contributed by atoms with van der Waals surface area (Å²) in [5.74, 6) is -5.00. The molecule has 16 nitrogen and oxygen atoms in total. The van der Waals surface area contributed by atoms with Crippen LogP contribution in [0.25, 0.3) is 54.8 Å². The topological polar surface area (TPSA) is 218 Å². The average molecular weight is 929 g/mol. The lowest BCUT2D eigenvalue weighted by molar-refractivity contribution is -0.153. The summed E-state index contributed by atoms with van der Waals surface area (Å²) in [7, 11) is 0. The van der Waals surface area contributed by atoms with Crippen molar-refractivity contribution in [2.24, 2.45) is 47.3 Å². The van der Waals surface area contributed by atoms with Crippen LogP contribution in [0.5, 0.6) is 0 Å². The molecule has 4 N–H and O–H groups in total. The van der Waals surface area contributed by atoms with Gasteiger partial charge in [-0.2, -0.15) is 10.2 Å². The lowest BCUT2D eigenvalue weighted by atomic mass is 9.57. The van der Waals surface area contributed by atoms with Gasteiger partial charge in [-0.05, 0) is 112 Å². The minimum Gasteiger partial charge on any atom is -0.481 e. The molecule has 8 saturated carbocycles. The second-order valence-corrected chi connectivity index (χ2v) is 19.5. The van der Waals surface area contributed by atoms with Crippen LogP contribution < -0.4 is 0 Å². The fourth-order valence-electron chi connectivity index (χ4n) is 12.3. The van der Waals surface area contributed by atoms with Gasteiger partial charge in [-0.25, -0.2) is 60.6 Å². The van der Waals surface area contributed by atoms with Crippen LogP contribution >= 0.6 is 0 Å². The predicted octanol–water partition coefficient (Wildman–Crippen LogP) is 8.30. The summed E-state index contributed by atoms with van der Waals surface area (Å²) in [5.41, 5.74) is 1.87. The molecule has 6 heterocycles. The third-order valence-electron chi connectivity index (χ3n) is 15.8. The zero-order chi connectivity index (χ0) is 47.1. The molecule has 8 aliphatic carbocycles. The lowest BCUT2D eigenvalue weighted by Crippen LogP contribution is -2.45. The Balaban J connectivity index is 0.000000149. The average Bonchev–Trinajstić information content (AvgIpc) is 4.23. The highest BCUT2D eigenvalue weighted by atomic mass is 19.1. The molecular formula is C48H44F4N12O4. The molecule has 6 aromatic heterocycles. The Hall–Kier alpha value is -6.96. The van der Waals surface area contributed by atoms with Crippen molar-refractivity contribution >= 4 is 34.0 Å². The number of nitrogens with zero attached hydrogens (tertiary/aromatic N) is 10. The van der Waals surface area contributed by atoms with Crippen molar-refractivity contribution in [2.45, 2.75) is 101 Å². The highest BCUT2D eigenvalue weighted by Crippen LogP contribution is 2.53. The summed E-state index contributed by atoms with van der Waals surface area (Å²) in [4.78, 5) is 57.1. The third-order valence-corrected chi connectivity index (χ3v) is 15.8. The van der Waals surface area contributed by atoms with Gasteiger partial charge in [0.15, 0.2) is 34.6 Å². The lowest BCUT2D eigenvalue weighted by Gasteiger charge is -2.46.